The van der Waals surface area contributed by atoms with Crippen LogP contribution in [-0.4, -0.2) is 41.3 Å². The van der Waals surface area contributed by atoms with Gasteiger partial charge in [0, 0.05) is 28.4 Å². The zero-order chi connectivity index (χ0) is 24.2. The molecule has 0 bridgehead atoms. The molecule has 1 aliphatic rings. The molecule has 3 atom stereocenters. The SMILES string of the molecule is CC(C)(C)CC(NC(=O)c1cc2c(Cl)cccc2[nH]1)C(=O)NC(C#N)C[C@@H]1CCCNC1=O. The van der Waals surface area contributed by atoms with Gasteiger partial charge in [0.05, 0.1) is 6.07 Å². The van der Waals surface area contributed by atoms with Crippen LogP contribution in [-0.2, 0) is 9.59 Å². The largest absolute Gasteiger partial charge is 0.356 e. The van der Waals surface area contributed by atoms with Crippen LogP contribution < -0.4 is 16.0 Å². The number of carbonyl (C=O) groups excluding carboxylic acids is 3. The van der Waals surface area contributed by atoms with Crippen LogP contribution in [0.5, 0.6) is 0 Å². The van der Waals surface area contributed by atoms with Gasteiger partial charge in [-0.25, -0.2) is 0 Å². The molecule has 1 aromatic carbocycles. The van der Waals surface area contributed by atoms with E-state index in [9.17, 15) is 19.6 Å². The Hall–Kier alpha value is -3.05. The van der Waals surface area contributed by atoms with Crippen LogP contribution in [0.1, 0.15) is 56.9 Å². The normalized spacial score (nSPS) is 18.2. The van der Waals surface area contributed by atoms with Crippen molar-refractivity contribution in [1.82, 2.24) is 20.9 Å². The van der Waals surface area contributed by atoms with E-state index in [0.29, 0.717) is 30.1 Å². The highest BCUT2D eigenvalue weighted by atomic mass is 35.5. The summed E-state index contributed by atoms with van der Waals surface area (Å²) in [5.74, 6) is -1.29. The topological polar surface area (TPSA) is 127 Å². The first-order valence-electron chi connectivity index (χ1n) is 11.1. The van der Waals surface area contributed by atoms with Gasteiger partial charge in [0.15, 0.2) is 0 Å². The molecule has 176 valence electrons. The lowest BCUT2D eigenvalue weighted by Gasteiger charge is -2.28. The number of fused-ring (bicyclic) bond motifs is 1. The second-order valence-electron chi connectivity index (χ2n) is 9.73. The van der Waals surface area contributed by atoms with Gasteiger partial charge in [-0.1, -0.05) is 38.4 Å². The summed E-state index contributed by atoms with van der Waals surface area (Å²) in [6.07, 6.45) is 2.14. The number of H-pyrrole nitrogens is 1. The van der Waals surface area contributed by atoms with Crippen molar-refractivity contribution < 1.29 is 14.4 Å². The molecular formula is C24H30ClN5O3. The van der Waals surface area contributed by atoms with Gasteiger partial charge in [0.1, 0.15) is 17.8 Å². The van der Waals surface area contributed by atoms with Crippen molar-refractivity contribution in [3.05, 3.63) is 35.0 Å². The third kappa shape index (κ3) is 6.48. The predicted octanol–water partition coefficient (Wildman–Crippen LogP) is 3.28. The molecule has 0 radical (unpaired) electrons. The number of nitrogens with one attached hydrogen (secondary N) is 4. The fourth-order valence-electron chi connectivity index (χ4n) is 4.06. The van der Waals surface area contributed by atoms with Crippen molar-refractivity contribution in [2.45, 2.75) is 58.5 Å². The maximum Gasteiger partial charge on any atom is 0.268 e. The van der Waals surface area contributed by atoms with Gasteiger partial charge in [-0.2, -0.15) is 5.26 Å². The Kier molecular flexibility index (Phi) is 7.65. The summed E-state index contributed by atoms with van der Waals surface area (Å²) in [6, 6.07) is 7.40. The van der Waals surface area contributed by atoms with Gasteiger partial charge in [-0.3, -0.25) is 14.4 Å². The molecule has 0 aliphatic carbocycles. The number of carbonyl (C=O) groups is 3. The van der Waals surface area contributed by atoms with E-state index < -0.39 is 23.9 Å². The predicted molar refractivity (Wildman–Crippen MR) is 127 cm³/mol. The van der Waals surface area contributed by atoms with E-state index in [1.807, 2.05) is 26.8 Å². The fraction of sp³-hybridized carbons (Fsp3) is 0.500. The Morgan fingerprint density at radius 3 is 2.70 bits per heavy atom. The highest BCUT2D eigenvalue weighted by molar-refractivity contribution is 6.35. The summed E-state index contributed by atoms with van der Waals surface area (Å²) in [5, 5.41) is 19.1. The highest BCUT2D eigenvalue weighted by Gasteiger charge is 2.31. The maximum atomic E-state index is 13.1. The van der Waals surface area contributed by atoms with E-state index in [1.165, 1.54) is 0 Å². The number of amides is 3. The Labute approximate surface area is 198 Å². The Morgan fingerprint density at radius 1 is 1.30 bits per heavy atom. The number of nitrogens with zero attached hydrogens (tertiary/aromatic N) is 1. The van der Waals surface area contributed by atoms with Gasteiger partial charge < -0.3 is 20.9 Å². The van der Waals surface area contributed by atoms with E-state index in [-0.39, 0.29) is 23.7 Å². The summed E-state index contributed by atoms with van der Waals surface area (Å²) < 4.78 is 0. The van der Waals surface area contributed by atoms with E-state index in [0.717, 1.165) is 17.3 Å². The number of piperidine rings is 1. The van der Waals surface area contributed by atoms with E-state index >= 15 is 0 Å². The molecule has 8 nitrogen and oxygen atoms in total. The van der Waals surface area contributed by atoms with E-state index in [1.54, 1.807) is 18.2 Å². The highest BCUT2D eigenvalue weighted by Crippen LogP contribution is 2.25. The molecule has 4 N–H and O–H groups in total. The molecule has 3 amide bonds. The monoisotopic (exact) mass is 471 g/mol. The molecule has 1 aromatic heterocycles. The summed E-state index contributed by atoms with van der Waals surface area (Å²) in [6.45, 7) is 6.54. The summed E-state index contributed by atoms with van der Waals surface area (Å²) in [7, 11) is 0. The minimum absolute atomic E-state index is 0.0900. The lowest BCUT2D eigenvalue weighted by molar-refractivity contribution is -0.128. The Morgan fingerprint density at radius 2 is 2.06 bits per heavy atom. The molecule has 0 spiro atoms. The third-order valence-electron chi connectivity index (χ3n) is 5.69. The number of halogens is 1. The number of aromatic amines is 1. The maximum absolute atomic E-state index is 13.1. The van der Waals surface area contributed by atoms with Crippen molar-refractivity contribution in [3.8, 4) is 6.07 Å². The van der Waals surface area contributed by atoms with Crippen molar-refractivity contribution in [2.75, 3.05) is 6.54 Å². The standard InChI is InChI=1S/C24H30ClN5O3/c1-24(2,3)12-20(23(33)28-15(13-26)10-14-6-5-9-27-21(14)31)30-22(32)19-11-16-17(25)7-4-8-18(16)29-19/h4,7-8,11,14-15,20,29H,5-6,9-10,12H2,1-3H3,(H,27,31)(H,28,33)(H,30,32)/t14-,15?,20?/m0/s1. The smallest absolute Gasteiger partial charge is 0.268 e. The lowest BCUT2D eigenvalue weighted by atomic mass is 9.87. The summed E-state index contributed by atoms with van der Waals surface area (Å²) in [4.78, 5) is 41.1. The first-order chi connectivity index (χ1) is 15.6. The second-order valence-corrected chi connectivity index (χ2v) is 10.1. The van der Waals surface area contributed by atoms with Crippen LogP contribution in [0.4, 0.5) is 0 Å². The zero-order valence-corrected chi connectivity index (χ0v) is 19.9. The quantitative estimate of drug-likeness (QED) is 0.494. The molecule has 1 fully saturated rings. The molecule has 33 heavy (non-hydrogen) atoms. The summed E-state index contributed by atoms with van der Waals surface area (Å²) in [5.41, 5.74) is 0.755. The third-order valence-corrected chi connectivity index (χ3v) is 6.02. The van der Waals surface area contributed by atoms with Crippen molar-refractivity contribution in [3.63, 3.8) is 0 Å². The van der Waals surface area contributed by atoms with Gasteiger partial charge >= 0.3 is 0 Å². The number of benzene rings is 1. The van der Waals surface area contributed by atoms with Gasteiger partial charge in [0.2, 0.25) is 11.8 Å². The van der Waals surface area contributed by atoms with Gasteiger partial charge in [-0.15, -0.1) is 0 Å². The van der Waals surface area contributed by atoms with E-state index in [4.69, 9.17) is 11.6 Å². The van der Waals surface area contributed by atoms with Crippen LogP contribution in [0.2, 0.25) is 5.02 Å². The Balaban J connectivity index is 1.72. The molecule has 0 saturated carbocycles. The molecular weight excluding hydrogens is 442 g/mol. The number of rotatable bonds is 7. The van der Waals surface area contributed by atoms with Crippen molar-refractivity contribution in [1.29, 1.82) is 5.26 Å². The second kappa shape index (κ2) is 10.3. The molecule has 2 heterocycles. The van der Waals surface area contributed by atoms with Crippen LogP contribution in [0.25, 0.3) is 10.9 Å². The number of aromatic nitrogens is 1. The van der Waals surface area contributed by atoms with Crippen molar-refractivity contribution in [2.24, 2.45) is 11.3 Å². The van der Waals surface area contributed by atoms with E-state index in [2.05, 4.69) is 27.0 Å². The van der Waals surface area contributed by atoms with Crippen LogP contribution in [0.15, 0.2) is 24.3 Å². The minimum Gasteiger partial charge on any atom is -0.356 e. The zero-order valence-electron chi connectivity index (χ0n) is 19.1. The number of nitriles is 1. The van der Waals surface area contributed by atoms with Gasteiger partial charge in [-0.05, 0) is 49.3 Å². The van der Waals surface area contributed by atoms with Crippen molar-refractivity contribution >= 4 is 40.2 Å². The number of hydrogen-bond donors (Lipinski definition) is 4. The van der Waals surface area contributed by atoms with Crippen LogP contribution in [0.3, 0.4) is 0 Å². The molecule has 1 saturated heterocycles. The Bertz CT molecular complexity index is 1080. The summed E-state index contributed by atoms with van der Waals surface area (Å²) >= 11 is 6.21. The molecule has 2 aromatic rings. The molecule has 9 heteroatoms. The average molecular weight is 472 g/mol. The lowest BCUT2D eigenvalue weighted by Crippen LogP contribution is -2.51. The van der Waals surface area contributed by atoms with Gasteiger partial charge in [0.25, 0.3) is 5.91 Å². The molecule has 2 unspecified atom stereocenters. The molecule has 1 aliphatic heterocycles. The molecule has 3 rings (SSSR count). The van der Waals surface area contributed by atoms with Crippen LogP contribution >= 0.6 is 11.6 Å². The van der Waals surface area contributed by atoms with Crippen LogP contribution in [0, 0.1) is 22.7 Å². The average Bonchev–Trinajstić information content (AvgIpc) is 3.19. The number of hydrogen-bond acceptors (Lipinski definition) is 4. The first kappa shape index (κ1) is 24.6. The fourth-order valence-corrected chi connectivity index (χ4v) is 4.29. The minimum atomic E-state index is -0.851. The first-order valence-corrected chi connectivity index (χ1v) is 11.5.